The van der Waals surface area contributed by atoms with Crippen molar-refractivity contribution in [2.45, 2.75) is 20.8 Å². The molecule has 1 aromatic carbocycles. The van der Waals surface area contributed by atoms with Crippen LogP contribution < -0.4 is 15.8 Å². The van der Waals surface area contributed by atoms with Gasteiger partial charge in [0.2, 0.25) is 5.56 Å². The number of allylic oxidation sites excluding steroid dienone is 4. The third-order valence-electron chi connectivity index (χ3n) is 5.52. The van der Waals surface area contributed by atoms with E-state index in [1.54, 1.807) is 19.2 Å². The normalized spacial score (nSPS) is 15.8. The summed E-state index contributed by atoms with van der Waals surface area (Å²) in [6.07, 6.45) is 5.38. The van der Waals surface area contributed by atoms with Crippen LogP contribution in [0.1, 0.15) is 26.3 Å². The van der Waals surface area contributed by atoms with Gasteiger partial charge in [-0.1, -0.05) is 24.6 Å². The maximum Gasteiger partial charge on any atom is 0.248 e. The Morgan fingerprint density at radius 2 is 1.90 bits per heavy atom. The number of hydrogen-bond donors (Lipinski definition) is 3. The third kappa shape index (κ3) is 6.09. The highest BCUT2D eigenvalue weighted by molar-refractivity contribution is 6.33. The number of benzene rings is 1. The molecule has 0 amide bonds. The highest BCUT2D eigenvalue weighted by Crippen LogP contribution is 2.30. The lowest BCUT2D eigenvalue weighted by Gasteiger charge is -2.36. The summed E-state index contributed by atoms with van der Waals surface area (Å²) in [5.74, 6) is 0. The molecule has 0 bridgehead atoms. The molecule has 0 radical (unpaired) electrons. The van der Waals surface area contributed by atoms with Gasteiger partial charge in [-0.25, -0.2) is 0 Å². The van der Waals surface area contributed by atoms with Crippen LogP contribution in [-0.2, 0) is 0 Å². The van der Waals surface area contributed by atoms with Gasteiger partial charge in [0.05, 0.1) is 22.1 Å². The maximum absolute atomic E-state index is 11.5. The molecule has 164 valence electrons. The zero-order valence-corrected chi connectivity index (χ0v) is 19.1. The zero-order chi connectivity index (χ0) is 22.4. The summed E-state index contributed by atoms with van der Waals surface area (Å²) in [7, 11) is 0. The van der Waals surface area contributed by atoms with Crippen LogP contribution in [0.15, 0.2) is 59.2 Å². The van der Waals surface area contributed by atoms with E-state index < -0.39 is 0 Å². The predicted molar refractivity (Wildman–Crippen MR) is 132 cm³/mol. The van der Waals surface area contributed by atoms with Crippen LogP contribution in [0.4, 0.5) is 11.4 Å². The van der Waals surface area contributed by atoms with E-state index in [2.05, 4.69) is 27.0 Å². The van der Waals surface area contributed by atoms with E-state index in [1.807, 2.05) is 43.3 Å². The fraction of sp³-hybridized carbons (Fsp3) is 0.333. The van der Waals surface area contributed by atoms with E-state index in [-0.39, 0.29) is 5.56 Å². The molecule has 1 saturated heterocycles. The molecule has 3 rings (SSSR count). The molecule has 2 aromatic rings. The first kappa shape index (κ1) is 22.8. The van der Waals surface area contributed by atoms with Gasteiger partial charge < -0.3 is 25.5 Å². The lowest BCUT2D eigenvalue weighted by Crippen LogP contribution is -2.46. The molecule has 0 unspecified atom stereocenters. The van der Waals surface area contributed by atoms with E-state index in [9.17, 15) is 4.79 Å². The average molecular weight is 440 g/mol. The number of halogens is 1. The summed E-state index contributed by atoms with van der Waals surface area (Å²) < 4.78 is 0. The molecular weight excluding hydrogens is 410 g/mol. The van der Waals surface area contributed by atoms with Crippen LogP contribution in [0.5, 0.6) is 0 Å². The summed E-state index contributed by atoms with van der Waals surface area (Å²) in [5, 5.41) is 12.1. The Balaban J connectivity index is 1.75. The van der Waals surface area contributed by atoms with Crippen LogP contribution in [0.25, 0.3) is 5.57 Å². The van der Waals surface area contributed by atoms with Gasteiger partial charge in [0, 0.05) is 44.1 Å². The third-order valence-corrected chi connectivity index (χ3v) is 5.82. The molecule has 1 aliphatic heterocycles. The SMILES string of the molecule is CCN1CCN(c2ccc(N/C(=C/C=C(\C)c3cc[nH]c(=O)c3)C(C)=N)cc2Cl)CC1. The first-order valence-corrected chi connectivity index (χ1v) is 10.9. The van der Waals surface area contributed by atoms with Crippen molar-refractivity contribution in [1.82, 2.24) is 9.88 Å². The summed E-state index contributed by atoms with van der Waals surface area (Å²) in [5.41, 5.74) is 4.60. The highest BCUT2D eigenvalue weighted by Gasteiger charge is 2.18. The first-order valence-electron chi connectivity index (χ1n) is 10.5. The van der Waals surface area contributed by atoms with Gasteiger partial charge in [-0.2, -0.15) is 0 Å². The Bertz CT molecular complexity index is 1050. The average Bonchev–Trinajstić information content (AvgIpc) is 2.76. The number of rotatable bonds is 7. The first-order chi connectivity index (χ1) is 14.9. The summed E-state index contributed by atoms with van der Waals surface area (Å²) in [6.45, 7) is 11.0. The van der Waals surface area contributed by atoms with Gasteiger partial charge in [0.15, 0.2) is 0 Å². The van der Waals surface area contributed by atoms with Crippen molar-refractivity contribution in [3.05, 3.63) is 75.3 Å². The van der Waals surface area contributed by atoms with Crippen molar-refractivity contribution in [3.8, 4) is 0 Å². The lowest BCUT2D eigenvalue weighted by molar-refractivity contribution is 0.271. The second-order valence-corrected chi connectivity index (χ2v) is 8.12. The largest absolute Gasteiger partial charge is 0.368 e. The summed E-state index contributed by atoms with van der Waals surface area (Å²) >= 11 is 6.61. The summed E-state index contributed by atoms with van der Waals surface area (Å²) in [4.78, 5) is 18.9. The number of pyridine rings is 1. The van der Waals surface area contributed by atoms with Gasteiger partial charge in [0.1, 0.15) is 0 Å². The van der Waals surface area contributed by atoms with Crippen LogP contribution in [-0.4, -0.2) is 48.3 Å². The molecule has 7 heteroatoms. The number of nitrogens with one attached hydrogen (secondary N) is 3. The number of H-pyrrole nitrogens is 1. The number of aromatic amines is 1. The molecule has 0 atom stereocenters. The molecule has 0 spiro atoms. The minimum absolute atomic E-state index is 0.137. The van der Waals surface area contributed by atoms with E-state index in [1.165, 1.54) is 0 Å². The van der Waals surface area contributed by atoms with Crippen LogP contribution in [0.3, 0.4) is 0 Å². The zero-order valence-electron chi connectivity index (χ0n) is 18.3. The fourth-order valence-corrected chi connectivity index (χ4v) is 3.86. The maximum atomic E-state index is 11.5. The van der Waals surface area contributed by atoms with E-state index in [4.69, 9.17) is 17.0 Å². The quantitative estimate of drug-likeness (QED) is 0.435. The second-order valence-electron chi connectivity index (χ2n) is 7.71. The smallest absolute Gasteiger partial charge is 0.248 e. The Morgan fingerprint density at radius 1 is 1.16 bits per heavy atom. The van der Waals surface area contributed by atoms with Crippen LogP contribution in [0, 0.1) is 5.41 Å². The van der Waals surface area contributed by atoms with Gasteiger partial charge >= 0.3 is 0 Å². The lowest BCUT2D eigenvalue weighted by atomic mass is 10.1. The van der Waals surface area contributed by atoms with Crippen molar-refractivity contribution in [1.29, 1.82) is 5.41 Å². The Labute approximate surface area is 188 Å². The number of anilines is 2. The highest BCUT2D eigenvalue weighted by atomic mass is 35.5. The molecule has 31 heavy (non-hydrogen) atoms. The minimum Gasteiger partial charge on any atom is -0.368 e. The monoisotopic (exact) mass is 439 g/mol. The van der Waals surface area contributed by atoms with Crippen molar-refractivity contribution in [3.63, 3.8) is 0 Å². The van der Waals surface area contributed by atoms with Crippen LogP contribution in [0.2, 0.25) is 5.02 Å². The molecule has 1 fully saturated rings. The van der Waals surface area contributed by atoms with E-state index >= 15 is 0 Å². The number of nitrogens with zero attached hydrogens (tertiary/aromatic N) is 2. The molecule has 0 aliphatic carbocycles. The van der Waals surface area contributed by atoms with Crippen molar-refractivity contribution < 1.29 is 0 Å². The molecule has 2 heterocycles. The Morgan fingerprint density at radius 3 is 2.52 bits per heavy atom. The summed E-state index contributed by atoms with van der Waals surface area (Å²) in [6, 6.07) is 9.36. The standard InChI is InChI=1S/C24H30ClN5O/c1-4-29-11-13-30(14-12-29)23-8-6-20(16-21(23)25)28-22(18(3)26)7-5-17(2)19-9-10-27-24(31)15-19/h5-10,15-16,26,28H,4,11-14H2,1-3H3,(H,27,31)/b17-5+,22-7+,26-18?. The number of aromatic nitrogens is 1. The molecular formula is C24H30ClN5O. The minimum atomic E-state index is -0.137. The van der Waals surface area contributed by atoms with E-state index in [0.717, 1.165) is 55.2 Å². The molecule has 3 N–H and O–H groups in total. The van der Waals surface area contributed by atoms with E-state index in [0.29, 0.717) is 16.4 Å². The molecule has 1 aliphatic rings. The predicted octanol–water partition coefficient (Wildman–Crippen LogP) is 4.61. The van der Waals surface area contributed by atoms with Crippen molar-refractivity contribution in [2.75, 3.05) is 42.9 Å². The van der Waals surface area contributed by atoms with Gasteiger partial charge in [-0.05, 0) is 61.9 Å². The van der Waals surface area contributed by atoms with Gasteiger partial charge in [0.25, 0.3) is 0 Å². The topological polar surface area (TPSA) is 75.2 Å². The Hall–Kier alpha value is -2.83. The fourth-order valence-electron chi connectivity index (χ4n) is 3.56. The number of hydrogen-bond acceptors (Lipinski definition) is 5. The second kappa shape index (κ2) is 10.5. The van der Waals surface area contributed by atoms with Crippen LogP contribution >= 0.6 is 11.6 Å². The number of piperazine rings is 1. The van der Waals surface area contributed by atoms with Crippen molar-refractivity contribution >= 4 is 34.3 Å². The molecule has 1 aromatic heterocycles. The Kier molecular flexibility index (Phi) is 7.71. The molecule has 0 saturated carbocycles. The van der Waals surface area contributed by atoms with Gasteiger partial charge in [-0.15, -0.1) is 0 Å². The van der Waals surface area contributed by atoms with Gasteiger partial charge in [-0.3, -0.25) is 4.79 Å². The molecule has 6 nitrogen and oxygen atoms in total. The van der Waals surface area contributed by atoms with Crippen molar-refractivity contribution in [2.24, 2.45) is 0 Å². The number of likely N-dealkylation sites (N-methyl/N-ethyl adjacent to an activating group) is 1.